The van der Waals surface area contributed by atoms with Crippen molar-refractivity contribution in [3.05, 3.63) is 64.6 Å². The zero-order valence-corrected chi connectivity index (χ0v) is 17.8. The first kappa shape index (κ1) is 20.4. The van der Waals surface area contributed by atoms with E-state index in [1.807, 2.05) is 0 Å². The third-order valence-corrected chi connectivity index (χ3v) is 5.36. The SMILES string of the molecule is C=CCn1c(SCC(=O)Nc2cccc(Cl)c2)nnc1-c1cc(Br)ccc1O. The number of phenolic OH excluding ortho intramolecular Hbond substituents is 1. The molecule has 28 heavy (non-hydrogen) atoms. The lowest BCUT2D eigenvalue weighted by atomic mass is 10.2. The first-order valence-corrected chi connectivity index (χ1v) is 10.3. The summed E-state index contributed by atoms with van der Waals surface area (Å²) in [7, 11) is 0. The molecule has 3 rings (SSSR count). The number of amides is 1. The monoisotopic (exact) mass is 478 g/mol. The van der Waals surface area contributed by atoms with Gasteiger partial charge in [0.1, 0.15) is 5.75 Å². The Morgan fingerprint density at radius 3 is 2.89 bits per heavy atom. The van der Waals surface area contributed by atoms with Crippen LogP contribution in [0.4, 0.5) is 5.69 Å². The van der Waals surface area contributed by atoms with Crippen molar-refractivity contribution in [2.45, 2.75) is 11.7 Å². The van der Waals surface area contributed by atoms with Gasteiger partial charge in [-0.05, 0) is 36.4 Å². The van der Waals surface area contributed by atoms with E-state index in [9.17, 15) is 9.90 Å². The van der Waals surface area contributed by atoms with Gasteiger partial charge in [0.2, 0.25) is 5.91 Å². The van der Waals surface area contributed by atoms with Gasteiger partial charge in [-0.3, -0.25) is 9.36 Å². The third kappa shape index (κ3) is 4.95. The van der Waals surface area contributed by atoms with Crippen LogP contribution in [0, 0.1) is 0 Å². The van der Waals surface area contributed by atoms with Crippen LogP contribution in [0.3, 0.4) is 0 Å². The fraction of sp³-hybridized carbons (Fsp3) is 0.105. The summed E-state index contributed by atoms with van der Waals surface area (Å²) < 4.78 is 2.61. The number of halogens is 2. The second kappa shape index (κ2) is 9.27. The van der Waals surface area contributed by atoms with E-state index >= 15 is 0 Å². The van der Waals surface area contributed by atoms with Crippen molar-refractivity contribution in [1.29, 1.82) is 0 Å². The summed E-state index contributed by atoms with van der Waals surface area (Å²) in [6.45, 7) is 4.20. The topological polar surface area (TPSA) is 80.0 Å². The highest BCUT2D eigenvalue weighted by molar-refractivity contribution is 9.10. The molecule has 0 aliphatic rings. The molecule has 6 nitrogen and oxygen atoms in total. The van der Waals surface area contributed by atoms with E-state index < -0.39 is 0 Å². The Labute approximate surface area is 179 Å². The molecule has 3 aromatic rings. The number of carbonyl (C=O) groups is 1. The van der Waals surface area contributed by atoms with Crippen LogP contribution in [-0.2, 0) is 11.3 Å². The van der Waals surface area contributed by atoms with Crippen LogP contribution in [0.15, 0.2) is 64.7 Å². The van der Waals surface area contributed by atoms with Crippen molar-refractivity contribution in [3.63, 3.8) is 0 Å². The molecule has 0 aliphatic carbocycles. The summed E-state index contributed by atoms with van der Waals surface area (Å²) in [5, 5.41) is 22.4. The van der Waals surface area contributed by atoms with E-state index in [0.717, 1.165) is 4.47 Å². The molecule has 0 spiro atoms. The number of hydrogen-bond donors (Lipinski definition) is 2. The zero-order chi connectivity index (χ0) is 20.1. The molecule has 2 N–H and O–H groups in total. The lowest BCUT2D eigenvalue weighted by Gasteiger charge is -2.09. The van der Waals surface area contributed by atoms with E-state index in [4.69, 9.17) is 11.6 Å². The molecule has 0 bridgehead atoms. The van der Waals surface area contributed by atoms with Gasteiger partial charge in [0.15, 0.2) is 11.0 Å². The Kier molecular flexibility index (Phi) is 6.77. The maximum atomic E-state index is 12.2. The normalized spacial score (nSPS) is 10.6. The number of anilines is 1. The standard InChI is InChI=1S/C19H16BrClN4O2S/c1-2-8-25-18(15-9-12(20)6-7-16(15)26)23-24-19(25)28-11-17(27)22-14-5-3-4-13(21)10-14/h2-7,9-10,26H,1,8,11H2,(H,22,27). The number of nitrogens with zero attached hydrogens (tertiary/aromatic N) is 3. The quantitative estimate of drug-likeness (QED) is 0.369. The average Bonchev–Trinajstić information content (AvgIpc) is 3.05. The number of hydrogen-bond acceptors (Lipinski definition) is 5. The van der Waals surface area contributed by atoms with Crippen LogP contribution in [0.25, 0.3) is 11.4 Å². The van der Waals surface area contributed by atoms with Crippen LogP contribution in [-0.4, -0.2) is 31.5 Å². The molecule has 2 aromatic carbocycles. The van der Waals surface area contributed by atoms with Crippen molar-refractivity contribution < 1.29 is 9.90 Å². The molecule has 0 aliphatic heterocycles. The molecule has 0 fully saturated rings. The second-order valence-electron chi connectivity index (χ2n) is 5.71. The summed E-state index contributed by atoms with van der Waals surface area (Å²) in [5.41, 5.74) is 1.17. The molecule has 1 amide bonds. The molecule has 0 atom stereocenters. The smallest absolute Gasteiger partial charge is 0.234 e. The molecular formula is C19H16BrClN4O2S. The van der Waals surface area contributed by atoms with Gasteiger partial charge in [-0.1, -0.05) is 51.4 Å². The van der Waals surface area contributed by atoms with Crippen LogP contribution in [0.1, 0.15) is 0 Å². The van der Waals surface area contributed by atoms with Gasteiger partial charge in [0, 0.05) is 21.7 Å². The lowest BCUT2D eigenvalue weighted by molar-refractivity contribution is -0.113. The minimum atomic E-state index is -0.188. The van der Waals surface area contributed by atoms with Crippen molar-refractivity contribution >= 4 is 50.9 Å². The molecule has 9 heteroatoms. The van der Waals surface area contributed by atoms with Gasteiger partial charge in [-0.25, -0.2) is 0 Å². The van der Waals surface area contributed by atoms with E-state index in [0.29, 0.717) is 33.8 Å². The number of aromatic nitrogens is 3. The predicted octanol–water partition coefficient (Wildman–Crippen LogP) is 4.98. The molecule has 1 heterocycles. The van der Waals surface area contributed by atoms with Gasteiger partial charge >= 0.3 is 0 Å². The summed E-state index contributed by atoms with van der Waals surface area (Å²) in [6, 6.07) is 12.0. The molecule has 144 valence electrons. The van der Waals surface area contributed by atoms with Crippen molar-refractivity contribution in [2.75, 3.05) is 11.1 Å². The fourth-order valence-electron chi connectivity index (χ4n) is 2.47. The molecular weight excluding hydrogens is 464 g/mol. The minimum Gasteiger partial charge on any atom is -0.507 e. The van der Waals surface area contributed by atoms with Gasteiger partial charge in [0.05, 0.1) is 11.3 Å². The largest absolute Gasteiger partial charge is 0.507 e. The van der Waals surface area contributed by atoms with Gasteiger partial charge in [-0.15, -0.1) is 16.8 Å². The Balaban J connectivity index is 1.77. The van der Waals surface area contributed by atoms with Crippen LogP contribution < -0.4 is 5.32 Å². The van der Waals surface area contributed by atoms with Crippen LogP contribution in [0.5, 0.6) is 5.75 Å². The number of phenols is 1. The highest BCUT2D eigenvalue weighted by Crippen LogP contribution is 2.32. The summed E-state index contributed by atoms with van der Waals surface area (Å²) in [6.07, 6.45) is 1.71. The fourth-order valence-corrected chi connectivity index (χ4v) is 3.77. The van der Waals surface area contributed by atoms with E-state index in [-0.39, 0.29) is 17.4 Å². The van der Waals surface area contributed by atoms with Crippen molar-refractivity contribution in [1.82, 2.24) is 14.8 Å². The number of nitrogens with one attached hydrogen (secondary N) is 1. The van der Waals surface area contributed by atoms with Crippen molar-refractivity contribution in [3.8, 4) is 17.1 Å². The number of benzene rings is 2. The summed E-state index contributed by atoms with van der Waals surface area (Å²) in [5.74, 6) is 0.548. The van der Waals surface area contributed by atoms with E-state index in [2.05, 4.69) is 38.0 Å². The number of thioether (sulfide) groups is 1. The van der Waals surface area contributed by atoms with Crippen LogP contribution >= 0.6 is 39.3 Å². The highest BCUT2D eigenvalue weighted by Gasteiger charge is 2.17. The zero-order valence-electron chi connectivity index (χ0n) is 14.6. The average molecular weight is 480 g/mol. The second-order valence-corrected chi connectivity index (χ2v) is 8.01. The van der Waals surface area contributed by atoms with Gasteiger partial charge < -0.3 is 10.4 Å². The van der Waals surface area contributed by atoms with Crippen LogP contribution in [0.2, 0.25) is 5.02 Å². The van der Waals surface area contributed by atoms with Gasteiger partial charge in [-0.2, -0.15) is 0 Å². The molecule has 0 saturated heterocycles. The number of allylic oxidation sites excluding steroid dienone is 1. The van der Waals surface area contributed by atoms with Gasteiger partial charge in [0.25, 0.3) is 0 Å². The maximum absolute atomic E-state index is 12.2. The maximum Gasteiger partial charge on any atom is 0.234 e. The first-order valence-electron chi connectivity index (χ1n) is 8.19. The molecule has 0 unspecified atom stereocenters. The minimum absolute atomic E-state index is 0.0937. The number of carbonyl (C=O) groups excluding carboxylic acids is 1. The summed E-state index contributed by atoms with van der Waals surface area (Å²) >= 11 is 10.6. The number of rotatable bonds is 7. The molecule has 0 saturated carbocycles. The summed E-state index contributed by atoms with van der Waals surface area (Å²) in [4.78, 5) is 12.2. The Bertz CT molecular complexity index is 1020. The Hall–Kier alpha value is -2.29. The molecule has 0 radical (unpaired) electrons. The van der Waals surface area contributed by atoms with Crippen molar-refractivity contribution in [2.24, 2.45) is 0 Å². The Morgan fingerprint density at radius 2 is 2.14 bits per heavy atom. The molecule has 1 aromatic heterocycles. The third-order valence-electron chi connectivity index (χ3n) is 3.67. The lowest BCUT2D eigenvalue weighted by Crippen LogP contribution is -2.14. The highest BCUT2D eigenvalue weighted by atomic mass is 79.9. The number of aromatic hydroxyl groups is 1. The first-order chi connectivity index (χ1) is 13.5. The predicted molar refractivity (Wildman–Crippen MR) is 116 cm³/mol. The van der Waals surface area contributed by atoms with E-state index in [1.54, 1.807) is 53.1 Å². The van der Waals surface area contributed by atoms with E-state index in [1.165, 1.54) is 11.8 Å². The Morgan fingerprint density at radius 1 is 1.32 bits per heavy atom.